The Morgan fingerprint density at radius 2 is 0.500 bits per heavy atom. The summed E-state index contributed by atoms with van der Waals surface area (Å²) in [7, 11) is -9.98. The Bertz CT molecular complexity index is 2490. The average molecular weight is 1500 g/mol. The molecule has 5 atom stereocenters. The minimum absolute atomic E-state index is 0.0768. The molecule has 104 heavy (non-hydrogen) atoms. The van der Waals surface area contributed by atoms with Gasteiger partial charge in [0, 0.05) is 25.7 Å². The fraction of sp³-hybridized carbons (Fsp3) is 0.694. The summed E-state index contributed by atoms with van der Waals surface area (Å²) in [4.78, 5) is 73.1. The molecule has 0 saturated heterocycles. The lowest BCUT2D eigenvalue weighted by molar-refractivity contribution is -0.161. The molecule has 0 spiro atoms. The van der Waals surface area contributed by atoms with E-state index in [1.165, 1.54) is 25.7 Å². The monoisotopic (exact) mass is 1500 g/mol. The summed E-state index contributed by atoms with van der Waals surface area (Å²) < 4.78 is 68.6. The molecule has 0 aromatic carbocycles. The van der Waals surface area contributed by atoms with Gasteiger partial charge in [0.25, 0.3) is 0 Å². The van der Waals surface area contributed by atoms with E-state index in [4.69, 9.17) is 37.0 Å². The van der Waals surface area contributed by atoms with Gasteiger partial charge in [-0.15, -0.1) is 0 Å². The van der Waals surface area contributed by atoms with Crippen molar-refractivity contribution in [2.75, 3.05) is 39.6 Å². The van der Waals surface area contributed by atoms with Crippen LogP contribution in [0.2, 0.25) is 0 Å². The lowest BCUT2D eigenvalue weighted by Crippen LogP contribution is -2.30. The van der Waals surface area contributed by atoms with Crippen LogP contribution in [0.1, 0.15) is 323 Å². The third kappa shape index (κ3) is 75.4. The van der Waals surface area contributed by atoms with Crippen LogP contribution in [0.3, 0.4) is 0 Å². The molecule has 0 saturated carbocycles. The topological polar surface area (TPSA) is 237 Å². The first kappa shape index (κ1) is 99.2. The fourth-order valence-corrected chi connectivity index (χ4v) is 12.1. The second kappa shape index (κ2) is 76.4. The predicted octanol–water partition coefficient (Wildman–Crippen LogP) is 23.7. The van der Waals surface area contributed by atoms with Crippen LogP contribution in [0.4, 0.5) is 0 Å². The average Bonchev–Trinajstić information content (AvgIpc) is 0.910. The van der Waals surface area contributed by atoms with Crippen molar-refractivity contribution in [3.05, 3.63) is 134 Å². The van der Waals surface area contributed by atoms with Gasteiger partial charge < -0.3 is 33.8 Å². The summed E-state index contributed by atoms with van der Waals surface area (Å²) in [6.07, 6.45) is 85.6. The number of phosphoric ester groups is 2. The van der Waals surface area contributed by atoms with Crippen LogP contribution >= 0.6 is 15.6 Å². The largest absolute Gasteiger partial charge is 0.472 e. The zero-order valence-corrected chi connectivity index (χ0v) is 66.9. The number of rotatable bonds is 75. The molecule has 0 fully saturated rings. The highest BCUT2D eigenvalue weighted by molar-refractivity contribution is 7.47. The van der Waals surface area contributed by atoms with Crippen molar-refractivity contribution in [2.45, 2.75) is 341 Å². The van der Waals surface area contributed by atoms with Crippen molar-refractivity contribution in [3.8, 4) is 0 Å². The molecule has 0 radical (unpaired) electrons. The second-order valence-corrected chi connectivity index (χ2v) is 29.5. The number of hydrogen-bond donors (Lipinski definition) is 3. The first-order valence-electron chi connectivity index (χ1n) is 40.4. The molecule has 5 unspecified atom stereocenters. The van der Waals surface area contributed by atoms with E-state index in [0.717, 1.165) is 218 Å². The van der Waals surface area contributed by atoms with Crippen molar-refractivity contribution in [1.82, 2.24) is 0 Å². The van der Waals surface area contributed by atoms with E-state index in [1.54, 1.807) is 0 Å². The quantitative estimate of drug-likeness (QED) is 0.0169. The molecule has 0 aliphatic heterocycles. The van der Waals surface area contributed by atoms with Crippen molar-refractivity contribution >= 4 is 39.5 Å². The van der Waals surface area contributed by atoms with Crippen LogP contribution in [0.15, 0.2) is 134 Å². The number of aliphatic hydroxyl groups is 1. The minimum atomic E-state index is -4.99. The standard InChI is InChI=1S/C85H144O17P2/c1-5-9-13-17-21-25-29-33-36-39-42-46-49-53-57-61-65-69-82(87)95-75-80(101-84(89)71-67-63-59-55-51-45-32-28-24-20-16-12-8-4)77-99-103(91,92)97-73-79(86)74-98-104(93,94)100-78-81(102-85(90)72-68-64-60-56-52-48-44-41-38-35-31-27-23-19-15-11-7-3)76-96-83(88)70-66-62-58-54-50-47-43-40-37-34-30-26-22-18-14-10-6-2/h9-11,13-15,21-23,25-28,32-38,42,46,79-81,86H,5-8,12,16-20,24,29-31,39-41,43-45,47-78H2,1-4H3,(H,91,92)(H,93,94)/b13-9-,14-10-,15-11-,25-21-,26-22-,27-23-,32-28-,36-33-,37-34-,38-35-,46-42-. The number of unbranched alkanes of at least 4 members (excludes halogenated alkanes) is 27. The Hall–Kier alpha value is -4.80. The van der Waals surface area contributed by atoms with Crippen molar-refractivity contribution in [3.63, 3.8) is 0 Å². The maximum atomic E-state index is 13.1. The van der Waals surface area contributed by atoms with E-state index in [1.807, 2.05) is 0 Å². The van der Waals surface area contributed by atoms with Crippen LogP contribution < -0.4 is 0 Å². The number of esters is 4. The number of aliphatic hydroxyl groups excluding tert-OH is 1. The highest BCUT2D eigenvalue weighted by Gasteiger charge is 2.30. The van der Waals surface area contributed by atoms with Gasteiger partial charge >= 0.3 is 39.5 Å². The summed E-state index contributed by atoms with van der Waals surface area (Å²) in [6.45, 7) is 4.49. The first-order valence-corrected chi connectivity index (χ1v) is 43.4. The summed E-state index contributed by atoms with van der Waals surface area (Å²) in [5.41, 5.74) is 0. The van der Waals surface area contributed by atoms with Gasteiger partial charge in [-0.2, -0.15) is 0 Å². The van der Waals surface area contributed by atoms with Gasteiger partial charge in [-0.3, -0.25) is 37.3 Å². The number of allylic oxidation sites excluding steroid dienone is 22. The van der Waals surface area contributed by atoms with E-state index in [9.17, 15) is 43.2 Å². The third-order valence-corrected chi connectivity index (χ3v) is 18.5. The maximum Gasteiger partial charge on any atom is 0.472 e. The highest BCUT2D eigenvalue weighted by Crippen LogP contribution is 2.45. The van der Waals surface area contributed by atoms with Crippen molar-refractivity contribution in [2.24, 2.45) is 0 Å². The Balaban J connectivity index is 5.39. The van der Waals surface area contributed by atoms with Gasteiger partial charge in [-0.1, -0.05) is 277 Å². The molecule has 0 bridgehead atoms. The highest BCUT2D eigenvalue weighted by atomic mass is 31.2. The third-order valence-electron chi connectivity index (χ3n) is 16.6. The molecule has 596 valence electrons. The SMILES string of the molecule is CC/C=C\C/C=C\C/C=C\C/C=C\CCCCCCC(=O)OCC(COP(=O)(O)OCC(O)COP(=O)(O)OCC(COC(=O)CCCCCCCCC/C=C\C/C=C\C/C=C\CC)OC(=O)CCCCCCCCC/C=C\C/C=C\C/C=C\CC)OC(=O)CCCCCCC/C=C\CCCCCC. The van der Waals surface area contributed by atoms with E-state index in [-0.39, 0.29) is 25.7 Å². The van der Waals surface area contributed by atoms with E-state index < -0.39 is 97.5 Å². The molecule has 0 amide bonds. The second-order valence-electron chi connectivity index (χ2n) is 26.6. The van der Waals surface area contributed by atoms with Crippen molar-refractivity contribution in [1.29, 1.82) is 0 Å². The summed E-state index contributed by atoms with van der Waals surface area (Å²) in [5, 5.41) is 10.6. The normalized spacial score (nSPS) is 14.6. The zero-order valence-electron chi connectivity index (χ0n) is 65.2. The van der Waals surface area contributed by atoms with Crippen molar-refractivity contribution < 1.29 is 80.2 Å². The van der Waals surface area contributed by atoms with Gasteiger partial charge in [0.15, 0.2) is 12.2 Å². The van der Waals surface area contributed by atoms with Gasteiger partial charge in [0.05, 0.1) is 26.4 Å². The zero-order chi connectivity index (χ0) is 76.0. The van der Waals surface area contributed by atoms with Crippen LogP contribution in [-0.4, -0.2) is 96.7 Å². The Morgan fingerprint density at radius 1 is 0.279 bits per heavy atom. The Morgan fingerprint density at radius 3 is 0.779 bits per heavy atom. The van der Waals surface area contributed by atoms with Gasteiger partial charge in [-0.05, 0) is 154 Å². The summed E-state index contributed by atoms with van der Waals surface area (Å²) >= 11 is 0. The fourth-order valence-electron chi connectivity index (χ4n) is 10.5. The van der Waals surface area contributed by atoms with Gasteiger partial charge in [-0.25, -0.2) is 9.13 Å². The molecule has 0 aromatic rings. The predicted molar refractivity (Wildman–Crippen MR) is 427 cm³/mol. The summed E-state index contributed by atoms with van der Waals surface area (Å²) in [6, 6.07) is 0. The van der Waals surface area contributed by atoms with Gasteiger partial charge in [0.1, 0.15) is 19.3 Å². The first-order chi connectivity index (χ1) is 50.7. The van der Waals surface area contributed by atoms with Crippen LogP contribution in [0, 0.1) is 0 Å². The number of phosphoric acid groups is 2. The summed E-state index contributed by atoms with van der Waals surface area (Å²) in [5.74, 6) is -2.23. The lowest BCUT2D eigenvalue weighted by atomic mass is 10.1. The number of carbonyl (C=O) groups is 4. The van der Waals surface area contributed by atoms with Crippen LogP contribution in [-0.2, 0) is 65.4 Å². The van der Waals surface area contributed by atoms with Crippen LogP contribution in [0.25, 0.3) is 0 Å². The molecule has 0 aliphatic rings. The molecular formula is C85H144O17P2. The Kier molecular flexibility index (Phi) is 72.9. The molecule has 19 heteroatoms. The molecule has 3 N–H and O–H groups in total. The smallest absolute Gasteiger partial charge is 0.462 e. The molecule has 0 heterocycles. The van der Waals surface area contributed by atoms with Crippen LogP contribution in [0.5, 0.6) is 0 Å². The van der Waals surface area contributed by atoms with E-state index in [2.05, 4.69) is 161 Å². The molecular weight excluding hydrogens is 1350 g/mol. The van der Waals surface area contributed by atoms with E-state index in [0.29, 0.717) is 25.7 Å². The number of hydrogen-bond acceptors (Lipinski definition) is 15. The molecule has 17 nitrogen and oxygen atoms in total. The number of ether oxygens (including phenoxy) is 4. The lowest BCUT2D eigenvalue weighted by Gasteiger charge is -2.21. The molecule has 0 aromatic heterocycles. The maximum absolute atomic E-state index is 13.1. The Labute approximate surface area is 631 Å². The van der Waals surface area contributed by atoms with E-state index >= 15 is 0 Å². The molecule has 0 rings (SSSR count). The minimum Gasteiger partial charge on any atom is -0.462 e. The number of carbonyl (C=O) groups excluding carboxylic acids is 4. The molecule has 0 aliphatic carbocycles. The van der Waals surface area contributed by atoms with Gasteiger partial charge in [0.2, 0.25) is 0 Å².